The van der Waals surface area contributed by atoms with Crippen LogP contribution in [0.5, 0.6) is 0 Å². The second-order valence-corrected chi connectivity index (χ2v) is 8.07. The Balaban J connectivity index is 0.00000243. The van der Waals surface area contributed by atoms with Crippen molar-refractivity contribution >= 4 is 30.1 Å². The van der Waals surface area contributed by atoms with Gasteiger partial charge in [0.15, 0.2) is 0 Å². The van der Waals surface area contributed by atoms with Crippen LogP contribution in [-0.2, 0) is 4.79 Å². The van der Waals surface area contributed by atoms with Crippen molar-refractivity contribution in [2.24, 2.45) is 11.1 Å². The van der Waals surface area contributed by atoms with Gasteiger partial charge in [-0.3, -0.25) is 4.79 Å². The van der Waals surface area contributed by atoms with Crippen LogP contribution < -0.4 is 5.73 Å². The van der Waals surface area contributed by atoms with Gasteiger partial charge >= 0.3 is 0 Å². The summed E-state index contributed by atoms with van der Waals surface area (Å²) in [5.74, 6) is -0.178. The highest BCUT2D eigenvalue weighted by Crippen LogP contribution is 2.39. The number of halogens is 2. The molecule has 1 heterocycles. The molecule has 2 unspecified atom stereocenters. The summed E-state index contributed by atoms with van der Waals surface area (Å²) < 4.78 is 13.2. The molecule has 3 nitrogen and oxygen atoms in total. The average molecular weight is 395 g/mol. The molecule has 1 aliphatic rings. The minimum Gasteiger partial charge on any atom is -0.341 e. The SMILES string of the molecule is CC1(CN)CCN(C(=O)C(Sc2ccc(F)cc2)c2ccccc2)C1.Cl. The van der Waals surface area contributed by atoms with Gasteiger partial charge in [-0.05, 0) is 48.2 Å². The van der Waals surface area contributed by atoms with Crippen LogP contribution in [-0.4, -0.2) is 30.4 Å². The van der Waals surface area contributed by atoms with Crippen LogP contribution in [0.2, 0.25) is 0 Å². The van der Waals surface area contributed by atoms with E-state index in [4.69, 9.17) is 5.73 Å². The molecule has 1 fully saturated rings. The number of hydrogen-bond donors (Lipinski definition) is 1. The molecule has 1 saturated heterocycles. The topological polar surface area (TPSA) is 46.3 Å². The van der Waals surface area contributed by atoms with Gasteiger partial charge in [0.1, 0.15) is 11.1 Å². The lowest BCUT2D eigenvalue weighted by Gasteiger charge is -2.26. The van der Waals surface area contributed by atoms with E-state index in [2.05, 4.69) is 6.92 Å². The highest BCUT2D eigenvalue weighted by Gasteiger charge is 2.37. The summed E-state index contributed by atoms with van der Waals surface area (Å²) in [6.07, 6.45) is 0.929. The molecule has 0 bridgehead atoms. The van der Waals surface area contributed by atoms with E-state index < -0.39 is 0 Å². The Bertz CT molecular complexity index is 728. The molecule has 6 heteroatoms. The van der Waals surface area contributed by atoms with Gasteiger partial charge in [0.05, 0.1) is 0 Å². The Labute approximate surface area is 164 Å². The fourth-order valence-corrected chi connectivity index (χ4v) is 4.19. The van der Waals surface area contributed by atoms with E-state index in [1.807, 2.05) is 35.2 Å². The summed E-state index contributed by atoms with van der Waals surface area (Å²) >= 11 is 1.46. The number of amides is 1. The van der Waals surface area contributed by atoms with Crippen molar-refractivity contribution < 1.29 is 9.18 Å². The highest BCUT2D eigenvalue weighted by atomic mass is 35.5. The summed E-state index contributed by atoms with van der Waals surface area (Å²) in [5, 5.41) is -0.341. The maximum Gasteiger partial charge on any atom is 0.240 e. The Hall–Kier alpha value is -1.56. The van der Waals surface area contributed by atoms with Crippen LogP contribution in [0.1, 0.15) is 24.2 Å². The molecule has 0 aliphatic carbocycles. The van der Waals surface area contributed by atoms with Gasteiger partial charge in [0.25, 0.3) is 0 Å². The van der Waals surface area contributed by atoms with E-state index in [9.17, 15) is 9.18 Å². The van der Waals surface area contributed by atoms with Gasteiger partial charge in [0, 0.05) is 18.0 Å². The third-order valence-electron chi connectivity index (χ3n) is 4.76. The van der Waals surface area contributed by atoms with Crippen LogP contribution in [0.4, 0.5) is 4.39 Å². The Kier molecular flexibility index (Phi) is 7.09. The van der Waals surface area contributed by atoms with E-state index in [-0.39, 0.29) is 34.8 Å². The van der Waals surface area contributed by atoms with Crippen LogP contribution >= 0.6 is 24.2 Å². The lowest BCUT2D eigenvalue weighted by Crippen LogP contribution is -2.36. The molecule has 1 amide bonds. The maximum atomic E-state index is 13.2. The summed E-state index contributed by atoms with van der Waals surface area (Å²) in [5.41, 5.74) is 6.84. The maximum absolute atomic E-state index is 13.2. The van der Waals surface area contributed by atoms with Crippen LogP contribution in [0.25, 0.3) is 0 Å². The largest absolute Gasteiger partial charge is 0.341 e. The predicted molar refractivity (Wildman–Crippen MR) is 107 cm³/mol. The second-order valence-electron chi connectivity index (χ2n) is 6.89. The van der Waals surface area contributed by atoms with Gasteiger partial charge in [0.2, 0.25) is 5.91 Å². The number of benzene rings is 2. The molecule has 1 aliphatic heterocycles. The molecule has 140 valence electrons. The molecule has 26 heavy (non-hydrogen) atoms. The lowest BCUT2D eigenvalue weighted by molar-refractivity contribution is -0.130. The van der Waals surface area contributed by atoms with E-state index in [0.717, 1.165) is 23.4 Å². The Morgan fingerprint density at radius 3 is 2.46 bits per heavy atom. The third kappa shape index (κ3) is 4.78. The number of likely N-dealkylation sites (tertiary alicyclic amines) is 1. The number of carbonyl (C=O) groups excluding carboxylic acids is 1. The lowest BCUT2D eigenvalue weighted by atomic mass is 9.90. The molecule has 0 aromatic heterocycles. The number of carbonyl (C=O) groups is 1. The molecule has 2 atom stereocenters. The van der Waals surface area contributed by atoms with Crippen molar-refractivity contribution in [1.82, 2.24) is 4.90 Å². The molecule has 2 N–H and O–H groups in total. The number of rotatable bonds is 5. The zero-order valence-corrected chi connectivity index (χ0v) is 16.4. The number of thioether (sulfide) groups is 1. The van der Waals surface area contributed by atoms with Gasteiger partial charge in [-0.25, -0.2) is 4.39 Å². The van der Waals surface area contributed by atoms with Crippen molar-refractivity contribution in [1.29, 1.82) is 0 Å². The molecule has 0 saturated carbocycles. The Morgan fingerprint density at radius 2 is 1.88 bits per heavy atom. The van der Waals surface area contributed by atoms with Gasteiger partial charge < -0.3 is 10.6 Å². The van der Waals surface area contributed by atoms with Crippen LogP contribution in [0, 0.1) is 11.2 Å². The summed E-state index contributed by atoms with van der Waals surface area (Å²) in [6, 6.07) is 16.0. The first-order valence-corrected chi connectivity index (χ1v) is 9.35. The van der Waals surface area contributed by atoms with Gasteiger partial charge in [-0.2, -0.15) is 0 Å². The first-order chi connectivity index (χ1) is 12.0. The van der Waals surface area contributed by atoms with Gasteiger partial charge in [-0.1, -0.05) is 37.3 Å². The highest BCUT2D eigenvalue weighted by molar-refractivity contribution is 8.00. The fraction of sp³-hybridized carbons (Fsp3) is 0.350. The smallest absolute Gasteiger partial charge is 0.240 e. The zero-order chi connectivity index (χ0) is 17.9. The van der Waals surface area contributed by atoms with Crippen LogP contribution in [0.15, 0.2) is 59.5 Å². The molecular formula is C20H24ClFN2OS. The first kappa shape index (κ1) is 20.7. The zero-order valence-electron chi connectivity index (χ0n) is 14.7. The van der Waals surface area contributed by atoms with E-state index in [1.54, 1.807) is 12.1 Å². The van der Waals surface area contributed by atoms with Crippen LogP contribution in [0.3, 0.4) is 0 Å². The fourth-order valence-electron chi connectivity index (χ4n) is 3.08. The molecule has 2 aromatic carbocycles. The predicted octanol–water partition coefficient (Wildman–Crippen LogP) is 4.28. The number of nitrogens with zero attached hydrogens (tertiary/aromatic N) is 1. The van der Waals surface area contributed by atoms with E-state index >= 15 is 0 Å². The van der Waals surface area contributed by atoms with Crippen molar-refractivity contribution in [3.63, 3.8) is 0 Å². The van der Waals surface area contributed by atoms with Crippen molar-refractivity contribution in [3.05, 3.63) is 66.0 Å². The summed E-state index contributed by atoms with van der Waals surface area (Å²) in [7, 11) is 0. The second kappa shape index (κ2) is 8.89. The van der Waals surface area contributed by atoms with Crippen molar-refractivity contribution in [3.8, 4) is 0 Å². The van der Waals surface area contributed by atoms with Crippen molar-refractivity contribution in [2.75, 3.05) is 19.6 Å². The van der Waals surface area contributed by atoms with Crippen molar-refractivity contribution in [2.45, 2.75) is 23.5 Å². The number of hydrogen-bond acceptors (Lipinski definition) is 3. The minimum absolute atomic E-state index is 0. The first-order valence-electron chi connectivity index (χ1n) is 8.47. The molecule has 0 radical (unpaired) electrons. The standard InChI is InChI=1S/C20H23FN2OS.ClH/c1-20(13-22)11-12-23(14-20)19(24)18(15-5-3-2-4-6-15)25-17-9-7-16(21)8-10-17;/h2-10,18H,11-14,22H2,1H3;1H. The quantitative estimate of drug-likeness (QED) is 0.770. The summed E-state index contributed by atoms with van der Waals surface area (Å²) in [6.45, 7) is 4.14. The number of nitrogens with two attached hydrogens (primary N) is 1. The Morgan fingerprint density at radius 1 is 1.23 bits per heavy atom. The van der Waals surface area contributed by atoms with E-state index in [0.29, 0.717) is 13.1 Å². The monoisotopic (exact) mass is 394 g/mol. The van der Waals surface area contributed by atoms with Gasteiger partial charge in [-0.15, -0.1) is 24.2 Å². The third-order valence-corrected chi connectivity index (χ3v) is 6.01. The molecular weight excluding hydrogens is 371 g/mol. The normalized spacial score (nSPS) is 20.5. The molecule has 2 aromatic rings. The summed E-state index contributed by atoms with van der Waals surface area (Å²) in [4.78, 5) is 16.0. The molecule has 3 rings (SSSR count). The average Bonchev–Trinajstić information content (AvgIpc) is 3.04. The molecule has 0 spiro atoms. The van der Waals surface area contributed by atoms with E-state index in [1.165, 1.54) is 23.9 Å². The minimum atomic E-state index is -0.341.